The van der Waals surface area contributed by atoms with Gasteiger partial charge in [-0.1, -0.05) is 13.8 Å². The molecule has 2 fully saturated rings. The highest BCUT2D eigenvalue weighted by atomic mass is 16.3. The Morgan fingerprint density at radius 2 is 1.86 bits per heavy atom. The third-order valence-electron chi connectivity index (χ3n) is 5.88. The molecule has 2 saturated carbocycles. The number of hydrogen-bond acceptors (Lipinski definition) is 4. The van der Waals surface area contributed by atoms with Crippen molar-refractivity contribution in [1.29, 1.82) is 0 Å². The Bertz CT molecular complexity index is 341. The van der Waals surface area contributed by atoms with Crippen LogP contribution in [0.4, 0.5) is 0 Å². The first kappa shape index (κ1) is 17.2. The molecule has 2 rings (SSSR count). The van der Waals surface area contributed by atoms with E-state index in [1.54, 1.807) is 0 Å². The first-order chi connectivity index (χ1) is 9.82. The molecule has 124 valence electrons. The Morgan fingerprint density at radius 1 is 1.19 bits per heavy atom. The molecule has 0 aromatic rings. The van der Waals surface area contributed by atoms with Gasteiger partial charge in [0.2, 0.25) is 0 Å². The Morgan fingerprint density at radius 3 is 2.29 bits per heavy atom. The molecule has 21 heavy (non-hydrogen) atoms. The first-order valence-electron chi connectivity index (χ1n) is 8.59. The van der Waals surface area contributed by atoms with Crippen LogP contribution in [-0.2, 0) is 0 Å². The van der Waals surface area contributed by atoms with Gasteiger partial charge in [-0.15, -0.1) is 0 Å². The summed E-state index contributed by atoms with van der Waals surface area (Å²) >= 11 is 0. The van der Waals surface area contributed by atoms with Gasteiger partial charge >= 0.3 is 0 Å². The van der Waals surface area contributed by atoms with E-state index in [2.05, 4.69) is 50.1 Å². The van der Waals surface area contributed by atoms with Crippen LogP contribution >= 0.6 is 0 Å². The van der Waals surface area contributed by atoms with Crippen LogP contribution in [0.25, 0.3) is 0 Å². The lowest BCUT2D eigenvalue weighted by atomic mass is 9.75. The van der Waals surface area contributed by atoms with Crippen molar-refractivity contribution in [3.63, 3.8) is 0 Å². The Labute approximate surface area is 130 Å². The summed E-state index contributed by atoms with van der Waals surface area (Å²) in [5.74, 6) is 0. The summed E-state index contributed by atoms with van der Waals surface area (Å²) in [6, 6.07) is 1.03. The molecule has 0 bridgehead atoms. The van der Waals surface area contributed by atoms with E-state index in [4.69, 9.17) is 0 Å². The summed E-state index contributed by atoms with van der Waals surface area (Å²) in [5, 5.41) is 13.5. The smallest absolute Gasteiger partial charge is 0.0614 e. The van der Waals surface area contributed by atoms with E-state index in [0.717, 1.165) is 19.4 Å². The highest BCUT2D eigenvalue weighted by Gasteiger charge is 2.44. The zero-order chi connectivity index (χ0) is 15.7. The number of hydrogen-bond donors (Lipinski definition) is 2. The van der Waals surface area contributed by atoms with Crippen LogP contribution < -0.4 is 5.32 Å². The molecule has 0 saturated heterocycles. The van der Waals surface area contributed by atoms with Crippen LogP contribution in [0, 0.1) is 0 Å². The van der Waals surface area contributed by atoms with Gasteiger partial charge in [-0.3, -0.25) is 0 Å². The van der Waals surface area contributed by atoms with E-state index in [-0.39, 0.29) is 12.1 Å². The van der Waals surface area contributed by atoms with Crippen molar-refractivity contribution in [2.75, 3.05) is 34.3 Å². The van der Waals surface area contributed by atoms with Crippen molar-refractivity contribution >= 4 is 0 Å². The maximum Gasteiger partial charge on any atom is 0.0614 e. The summed E-state index contributed by atoms with van der Waals surface area (Å²) in [7, 11) is 6.72. The molecule has 0 radical (unpaired) electrons. The third-order valence-corrected chi connectivity index (χ3v) is 5.88. The predicted molar refractivity (Wildman–Crippen MR) is 88.6 cm³/mol. The monoisotopic (exact) mass is 297 g/mol. The van der Waals surface area contributed by atoms with Crippen LogP contribution in [0.5, 0.6) is 0 Å². The highest BCUT2D eigenvalue weighted by molar-refractivity contribution is 5.03. The molecule has 2 aliphatic carbocycles. The van der Waals surface area contributed by atoms with Crippen LogP contribution in [0.1, 0.15) is 52.4 Å². The molecule has 0 aliphatic heterocycles. The van der Waals surface area contributed by atoms with Gasteiger partial charge in [0.1, 0.15) is 0 Å². The molecule has 0 aromatic heterocycles. The van der Waals surface area contributed by atoms with Gasteiger partial charge in [0.05, 0.1) is 6.61 Å². The fourth-order valence-corrected chi connectivity index (χ4v) is 4.33. The maximum atomic E-state index is 9.85. The van der Waals surface area contributed by atoms with Crippen molar-refractivity contribution in [3.8, 4) is 0 Å². The fraction of sp³-hybridized carbons (Fsp3) is 1.00. The second-order valence-electron chi connectivity index (χ2n) is 8.02. The molecule has 2 unspecified atom stereocenters. The Balaban J connectivity index is 1.94. The minimum Gasteiger partial charge on any atom is -0.394 e. The summed E-state index contributed by atoms with van der Waals surface area (Å²) < 4.78 is 0. The van der Waals surface area contributed by atoms with Gasteiger partial charge in [0.25, 0.3) is 0 Å². The van der Waals surface area contributed by atoms with E-state index in [1.807, 2.05) is 0 Å². The van der Waals surface area contributed by atoms with E-state index >= 15 is 0 Å². The number of likely N-dealkylation sites (N-methyl/N-ethyl adjacent to an activating group) is 2. The van der Waals surface area contributed by atoms with Gasteiger partial charge in [0, 0.05) is 29.7 Å². The molecule has 2 aliphatic rings. The van der Waals surface area contributed by atoms with Crippen LogP contribution in [0.15, 0.2) is 0 Å². The van der Waals surface area contributed by atoms with Gasteiger partial charge in [-0.2, -0.15) is 0 Å². The van der Waals surface area contributed by atoms with Crippen molar-refractivity contribution in [3.05, 3.63) is 0 Å². The lowest BCUT2D eigenvalue weighted by Crippen LogP contribution is -2.58. The molecule has 2 N–H and O–H groups in total. The quantitative estimate of drug-likeness (QED) is 0.750. The molecular weight excluding hydrogens is 262 g/mol. The zero-order valence-corrected chi connectivity index (χ0v) is 14.7. The summed E-state index contributed by atoms with van der Waals surface area (Å²) in [6.45, 7) is 5.76. The molecule has 0 aromatic carbocycles. The van der Waals surface area contributed by atoms with E-state index < -0.39 is 0 Å². The largest absolute Gasteiger partial charge is 0.394 e. The molecular formula is C17H35N3O. The molecule has 4 nitrogen and oxygen atoms in total. The fourth-order valence-electron chi connectivity index (χ4n) is 4.33. The van der Waals surface area contributed by atoms with Gasteiger partial charge in [-0.05, 0) is 59.7 Å². The molecule has 2 atom stereocenters. The summed E-state index contributed by atoms with van der Waals surface area (Å²) in [5.41, 5.74) is 0.336. The normalized spacial score (nSPS) is 32.1. The minimum absolute atomic E-state index is 0.0576. The SMILES string of the molecule is CC(C)NC1(CO)CCC(N(C)CC2(N(C)C)CCC2)C1. The van der Waals surface area contributed by atoms with Crippen molar-refractivity contribution in [1.82, 2.24) is 15.1 Å². The Hall–Kier alpha value is -0.160. The maximum absolute atomic E-state index is 9.85. The standard InChI is InChI=1S/C17H35N3O/c1-14(2)18-16(13-21)10-7-15(11-16)20(5)12-17(19(3)4)8-6-9-17/h14-15,18,21H,6-13H2,1-5H3. The summed E-state index contributed by atoms with van der Waals surface area (Å²) in [6.07, 6.45) is 7.37. The van der Waals surface area contributed by atoms with Gasteiger partial charge in [-0.25, -0.2) is 0 Å². The minimum atomic E-state index is -0.0576. The van der Waals surface area contributed by atoms with Crippen molar-refractivity contribution in [2.45, 2.75) is 75.5 Å². The topological polar surface area (TPSA) is 38.7 Å². The number of aliphatic hydroxyl groups is 1. The number of nitrogens with one attached hydrogen (secondary N) is 1. The van der Waals surface area contributed by atoms with E-state index in [1.165, 1.54) is 25.7 Å². The first-order valence-corrected chi connectivity index (χ1v) is 8.59. The lowest BCUT2D eigenvalue weighted by molar-refractivity contribution is 0.0150. The zero-order valence-electron chi connectivity index (χ0n) is 14.7. The molecule has 0 spiro atoms. The average molecular weight is 297 g/mol. The van der Waals surface area contributed by atoms with E-state index in [0.29, 0.717) is 17.6 Å². The van der Waals surface area contributed by atoms with Gasteiger partial charge in [0.15, 0.2) is 0 Å². The molecule has 0 heterocycles. The number of aliphatic hydroxyl groups excluding tert-OH is 1. The predicted octanol–water partition coefficient (Wildman–Crippen LogP) is 1.68. The van der Waals surface area contributed by atoms with Crippen molar-refractivity contribution in [2.24, 2.45) is 0 Å². The van der Waals surface area contributed by atoms with Crippen LogP contribution in [0.2, 0.25) is 0 Å². The molecule has 0 amide bonds. The van der Waals surface area contributed by atoms with E-state index in [9.17, 15) is 5.11 Å². The molecule has 4 heteroatoms. The second kappa shape index (κ2) is 6.53. The third kappa shape index (κ3) is 3.61. The number of rotatable bonds is 7. The van der Waals surface area contributed by atoms with Crippen LogP contribution in [0.3, 0.4) is 0 Å². The van der Waals surface area contributed by atoms with Gasteiger partial charge < -0.3 is 20.2 Å². The second-order valence-corrected chi connectivity index (χ2v) is 8.02. The van der Waals surface area contributed by atoms with Crippen LogP contribution in [-0.4, -0.2) is 72.4 Å². The lowest BCUT2D eigenvalue weighted by Gasteiger charge is -2.50. The Kier molecular flexibility index (Phi) is 5.35. The summed E-state index contributed by atoms with van der Waals surface area (Å²) in [4.78, 5) is 4.98. The number of nitrogens with zero attached hydrogens (tertiary/aromatic N) is 2. The van der Waals surface area contributed by atoms with Crippen molar-refractivity contribution < 1.29 is 5.11 Å². The highest BCUT2D eigenvalue weighted by Crippen LogP contribution is 2.39. The average Bonchev–Trinajstić information content (AvgIpc) is 2.77.